The van der Waals surface area contributed by atoms with E-state index in [1.807, 2.05) is 18.2 Å². The van der Waals surface area contributed by atoms with Crippen molar-refractivity contribution in [3.8, 4) is 0 Å². The molecule has 0 aromatic carbocycles. The molecule has 0 unspecified atom stereocenters. The van der Waals surface area contributed by atoms with Crippen LogP contribution >= 0.6 is 11.6 Å². The van der Waals surface area contributed by atoms with Crippen molar-refractivity contribution in [3.05, 3.63) is 30.6 Å². The first-order valence-electron chi connectivity index (χ1n) is 3.90. The van der Waals surface area contributed by atoms with Crippen LogP contribution in [0.1, 0.15) is 19.4 Å². The van der Waals surface area contributed by atoms with Gasteiger partial charge in [-0.1, -0.05) is 13.0 Å². The largest absolute Gasteiger partial charge is 0.201 e. The molecule has 1 nitrogen and oxygen atoms in total. The molecule has 0 saturated heterocycles. The highest BCUT2D eigenvalue weighted by Crippen LogP contribution is 2.03. The maximum atomic E-state index is 5.78. The fraction of sp³-hybridized carbons (Fsp3) is 0.444. The average molecular weight is 171 g/mol. The van der Waals surface area contributed by atoms with Crippen molar-refractivity contribution in [2.24, 2.45) is 0 Å². The summed E-state index contributed by atoms with van der Waals surface area (Å²) in [5, 5.41) is 0. The van der Waals surface area contributed by atoms with E-state index >= 15 is 0 Å². The van der Waals surface area contributed by atoms with E-state index in [0.717, 1.165) is 6.42 Å². The van der Waals surface area contributed by atoms with E-state index < -0.39 is 0 Å². The number of hydrogen-bond acceptors (Lipinski definition) is 0. The summed E-state index contributed by atoms with van der Waals surface area (Å²) in [4.78, 5) is 0. The Bertz CT molecular complexity index is 194. The minimum Gasteiger partial charge on any atom is -0.201 e. The maximum absolute atomic E-state index is 5.78. The van der Waals surface area contributed by atoms with E-state index in [2.05, 4.69) is 23.9 Å². The van der Waals surface area contributed by atoms with Gasteiger partial charge in [-0.3, -0.25) is 0 Å². The Hall–Kier alpha value is -0.560. The highest BCUT2D eigenvalue weighted by molar-refractivity contribution is 6.18. The molecule has 1 aromatic rings. The molecule has 2 heteroatoms. The molecular weight excluding hydrogens is 158 g/mol. The van der Waals surface area contributed by atoms with Gasteiger partial charge in [-0.05, 0) is 0 Å². The molecule has 0 bridgehead atoms. The summed E-state index contributed by atoms with van der Waals surface area (Å²) >= 11 is 5.78. The predicted molar refractivity (Wildman–Crippen MR) is 46.7 cm³/mol. The van der Waals surface area contributed by atoms with Crippen LogP contribution in [0.4, 0.5) is 0 Å². The van der Waals surface area contributed by atoms with Crippen LogP contribution in [-0.2, 0) is 0 Å². The Kier molecular flexibility index (Phi) is 3.37. The van der Waals surface area contributed by atoms with Crippen molar-refractivity contribution >= 4 is 11.6 Å². The molecule has 11 heavy (non-hydrogen) atoms. The topological polar surface area (TPSA) is 3.88 Å². The Morgan fingerprint density at radius 3 is 2.36 bits per heavy atom. The van der Waals surface area contributed by atoms with Crippen LogP contribution in [0, 0.1) is 0 Å². The highest BCUT2D eigenvalue weighted by atomic mass is 35.5. The Labute approximate surface area is 72.6 Å². The molecule has 1 aromatic heterocycles. The summed E-state index contributed by atoms with van der Waals surface area (Å²) in [6.45, 7) is 2.15. The molecule has 0 N–H and O–H groups in total. The normalized spacial score (nSPS) is 12.9. The second-order valence-electron chi connectivity index (χ2n) is 2.54. The van der Waals surface area contributed by atoms with Gasteiger partial charge in [0.25, 0.3) is 0 Å². The van der Waals surface area contributed by atoms with Gasteiger partial charge in [-0.25, -0.2) is 4.57 Å². The summed E-state index contributed by atoms with van der Waals surface area (Å²) in [5.41, 5.74) is 0. The van der Waals surface area contributed by atoms with Gasteiger partial charge in [-0.2, -0.15) is 0 Å². The maximum Gasteiger partial charge on any atom is 0.171 e. The van der Waals surface area contributed by atoms with Crippen LogP contribution in [0.2, 0.25) is 0 Å². The van der Waals surface area contributed by atoms with E-state index in [0.29, 0.717) is 11.9 Å². The summed E-state index contributed by atoms with van der Waals surface area (Å²) in [5.74, 6) is 0.686. The number of alkyl halides is 1. The molecule has 0 aliphatic heterocycles. The molecule has 0 radical (unpaired) electrons. The van der Waals surface area contributed by atoms with Gasteiger partial charge < -0.3 is 0 Å². The zero-order valence-corrected chi connectivity index (χ0v) is 7.46. The first-order chi connectivity index (χ1) is 5.38. The number of nitrogens with zero attached hydrogens (tertiary/aromatic N) is 1. The Balaban J connectivity index is 2.74. The lowest BCUT2D eigenvalue weighted by molar-refractivity contribution is -0.719. The van der Waals surface area contributed by atoms with E-state index in [1.165, 1.54) is 0 Å². The van der Waals surface area contributed by atoms with Crippen molar-refractivity contribution in [1.29, 1.82) is 0 Å². The lowest BCUT2D eigenvalue weighted by Gasteiger charge is -2.04. The Morgan fingerprint density at radius 1 is 1.27 bits per heavy atom. The smallest absolute Gasteiger partial charge is 0.171 e. The average Bonchev–Trinajstić information content (AvgIpc) is 2.09. The van der Waals surface area contributed by atoms with Crippen LogP contribution in [0.25, 0.3) is 0 Å². The molecule has 0 saturated carbocycles. The molecule has 0 amide bonds. The first-order valence-corrected chi connectivity index (χ1v) is 4.43. The highest BCUT2D eigenvalue weighted by Gasteiger charge is 2.12. The summed E-state index contributed by atoms with van der Waals surface area (Å²) in [7, 11) is 0. The second-order valence-corrected chi connectivity index (χ2v) is 2.85. The predicted octanol–water partition coefficient (Wildman–Crippen LogP) is 2.16. The van der Waals surface area contributed by atoms with Gasteiger partial charge in [0.1, 0.15) is 0 Å². The molecule has 0 fully saturated rings. The fourth-order valence-corrected chi connectivity index (χ4v) is 1.43. The van der Waals surface area contributed by atoms with Crippen molar-refractivity contribution < 1.29 is 4.57 Å². The van der Waals surface area contributed by atoms with Crippen molar-refractivity contribution in [1.82, 2.24) is 0 Å². The minimum absolute atomic E-state index is 0.442. The zero-order valence-electron chi connectivity index (χ0n) is 6.70. The van der Waals surface area contributed by atoms with Crippen LogP contribution in [0.3, 0.4) is 0 Å². The van der Waals surface area contributed by atoms with E-state index in [1.54, 1.807) is 0 Å². The fourth-order valence-electron chi connectivity index (χ4n) is 1.06. The molecule has 0 aliphatic rings. The Morgan fingerprint density at radius 2 is 1.91 bits per heavy atom. The van der Waals surface area contributed by atoms with E-state index in [9.17, 15) is 0 Å². The first kappa shape index (κ1) is 8.54. The molecule has 1 rings (SSSR count). The quantitative estimate of drug-likeness (QED) is 0.484. The van der Waals surface area contributed by atoms with Gasteiger partial charge in [0.2, 0.25) is 0 Å². The standard InChI is InChI=1S/C9H13ClN/c1-2-9(8-10)11-6-4-3-5-7-11/h3-7,9H,2,8H2,1H3/q+1/t9-/m1/s1. The summed E-state index contributed by atoms with van der Waals surface area (Å²) in [6, 6.07) is 6.50. The monoisotopic (exact) mass is 170 g/mol. The van der Waals surface area contributed by atoms with Gasteiger partial charge in [0.05, 0.1) is 5.88 Å². The molecule has 1 atom stereocenters. The molecule has 60 valence electrons. The third-order valence-corrected chi connectivity index (χ3v) is 2.17. The van der Waals surface area contributed by atoms with E-state index in [-0.39, 0.29) is 0 Å². The number of rotatable bonds is 3. The number of hydrogen-bond donors (Lipinski definition) is 0. The van der Waals surface area contributed by atoms with Crippen molar-refractivity contribution in [2.45, 2.75) is 19.4 Å². The number of aromatic nitrogens is 1. The van der Waals surface area contributed by atoms with Gasteiger partial charge in [0, 0.05) is 18.6 Å². The van der Waals surface area contributed by atoms with Gasteiger partial charge in [-0.15, -0.1) is 11.6 Å². The third kappa shape index (κ3) is 2.19. The van der Waals surface area contributed by atoms with Crippen LogP contribution in [-0.4, -0.2) is 5.88 Å². The van der Waals surface area contributed by atoms with Crippen molar-refractivity contribution in [2.75, 3.05) is 5.88 Å². The van der Waals surface area contributed by atoms with Crippen LogP contribution in [0.5, 0.6) is 0 Å². The molecular formula is C9H13ClN+. The molecule has 0 spiro atoms. The minimum atomic E-state index is 0.442. The zero-order chi connectivity index (χ0) is 8.10. The SMILES string of the molecule is CC[C@H](CCl)[n+]1ccccc1. The summed E-state index contributed by atoms with van der Waals surface area (Å²) in [6.07, 6.45) is 5.19. The van der Waals surface area contributed by atoms with Gasteiger partial charge >= 0.3 is 0 Å². The van der Waals surface area contributed by atoms with Crippen molar-refractivity contribution in [3.63, 3.8) is 0 Å². The summed E-state index contributed by atoms with van der Waals surface area (Å²) < 4.78 is 2.15. The third-order valence-electron chi connectivity index (χ3n) is 1.81. The number of pyridine rings is 1. The van der Waals surface area contributed by atoms with Crippen LogP contribution in [0.15, 0.2) is 30.6 Å². The molecule has 1 heterocycles. The lowest BCUT2D eigenvalue weighted by Crippen LogP contribution is -2.39. The molecule has 0 aliphatic carbocycles. The lowest BCUT2D eigenvalue weighted by atomic mass is 10.2. The van der Waals surface area contributed by atoms with Gasteiger partial charge in [0.15, 0.2) is 18.4 Å². The van der Waals surface area contributed by atoms with Crippen LogP contribution < -0.4 is 4.57 Å². The number of halogens is 1. The van der Waals surface area contributed by atoms with E-state index in [4.69, 9.17) is 11.6 Å². The second kappa shape index (κ2) is 4.35.